The molecule has 0 unspecified atom stereocenters. The molecule has 5 nitrogen and oxygen atoms in total. The molecule has 1 aliphatic heterocycles. The highest BCUT2D eigenvalue weighted by atomic mass is 79.9. The molecule has 2 aromatic heterocycles. The summed E-state index contributed by atoms with van der Waals surface area (Å²) in [5, 5.41) is 0. The first-order valence-corrected chi connectivity index (χ1v) is 11.1. The molecule has 1 aliphatic rings. The molecule has 0 radical (unpaired) electrons. The fourth-order valence-electron chi connectivity index (χ4n) is 3.67. The van der Waals surface area contributed by atoms with E-state index in [4.69, 9.17) is 9.15 Å². The number of amides is 1. The zero-order valence-electron chi connectivity index (χ0n) is 17.7. The fraction of sp³-hybridized carbons (Fsp3) is 0.0370. The number of hydrogen-bond donors (Lipinski definition) is 0. The lowest BCUT2D eigenvalue weighted by Crippen LogP contribution is -2.25. The predicted molar refractivity (Wildman–Crippen MR) is 133 cm³/mol. The smallest absolute Gasteiger partial charge is 0.263 e. The van der Waals surface area contributed by atoms with Crippen LogP contribution in [-0.4, -0.2) is 18.0 Å². The number of aromatic nitrogens is 1. The number of furan rings is 1. The molecular formula is C27H19BrN2O3. The number of carbonyl (C=O) groups excluding carboxylic acids is 1. The first-order valence-electron chi connectivity index (χ1n) is 10.3. The Bertz CT molecular complexity index is 1350. The molecule has 0 saturated carbocycles. The maximum absolute atomic E-state index is 13.5. The number of anilines is 1. The van der Waals surface area contributed by atoms with E-state index in [1.807, 2.05) is 78.9 Å². The molecule has 0 aliphatic carbocycles. The first-order chi connectivity index (χ1) is 16.1. The Balaban J connectivity index is 1.52. The molecule has 162 valence electrons. The lowest BCUT2D eigenvalue weighted by molar-refractivity contribution is -0.113. The fourth-order valence-corrected chi connectivity index (χ4v) is 3.94. The topological polar surface area (TPSA) is 55.6 Å². The van der Waals surface area contributed by atoms with Crippen LogP contribution in [0, 0.1) is 0 Å². The Morgan fingerprint density at radius 3 is 2.42 bits per heavy atom. The molecule has 0 bridgehead atoms. The highest BCUT2D eigenvalue weighted by molar-refractivity contribution is 9.10. The zero-order chi connectivity index (χ0) is 22.8. The summed E-state index contributed by atoms with van der Waals surface area (Å²) in [6.45, 7) is 0. The van der Waals surface area contributed by atoms with E-state index >= 15 is 0 Å². The summed E-state index contributed by atoms with van der Waals surface area (Å²) in [6.07, 6.45) is 5.28. The van der Waals surface area contributed by atoms with Crippen LogP contribution in [0.2, 0.25) is 0 Å². The Labute approximate surface area is 199 Å². The van der Waals surface area contributed by atoms with Crippen molar-refractivity contribution in [1.29, 1.82) is 0 Å². The number of carbonyl (C=O) groups is 1. The second kappa shape index (κ2) is 8.92. The van der Waals surface area contributed by atoms with Gasteiger partial charge >= 0.3 is 0 Å². The Hall–Kier alpha value is -3.90. The summed E-state index contributed by atoms with van der Waals surface area (Å²) < 4.78 is 12.2. The van der Waals surface area contributed by atoms with E-state index in [1.165, 1.54) is 0 Å². The van der Waals surface area contributed by atoms with E-state index in [9.17, 15) is 4.79 Å². The van der Waals surface area contributed by atoms with Gasteiger partial charge in [0.05, 0.1) is 24.7 Å². The highest BCUT2D eigenvalue weighted by Crippen LogP contribution is 2.36. The molecular weight excluding hydrogens is 480 g/mol. The van der Waals surface area contributed by atoms with Crippen molar-refractivity contribution < 1.29 is 13.9 Å². The number of benzene rings is 2. The van der Waals surface area contributed by atoms with E-state index < -0.39 is 0 Å². The van der Waals surface area contributed by atoms with Gasteiger partial charge in [-0.25, -0.2) is 4.98 Å². The van der Waals surface area contributed by atoms with Crippen molar-refractivity contribution in [2.24, 2.45) is 0 Å². The first kappa shape index (κ1) is 21.0. The summed E-state index contributed by atoms with van der Waals surface area (Å²) in [4.78, 5) is 19.4. The number of ether oxygens (including phenoxy) is 1. The van der Waals surface area contributed by atoms with Gasteiger partial charge in [-0.1, -0.05) is 58.4 Å². The Morgan fingerprint density at radius 2 is 1.73 bits per heavy atom. The van der Waals surface area contributed by atoms with E-state index in [-0.39, 0.29) is 5.91 Å². The molecule has 2 aromatic carbocycles. The predicted octanol–water partition coefficient (Wildman–Crippen LogP) is 6.58. The second-order valence-corrected chi connectivity index (χ2v) is 8.32. The van der Waals surface area contributed by atoms with Crippen molar-refractivity contribution in [3.63, 3.8) is 0 Å². The van der Waals surface area contributed by atoms with Crippen LogP contribution < -0.4 is 9.64 Å². The van der Waals surface area contributed by atoms with Crippen molar-refractivity contribution >= 4 is 39.3 Å². The molecule has 0 fully saturated rings. The van der Waals surface area contributed by atoms with Gasteiger partial charge in [-0.2, -0.15) is 0 Å². The second-order valence-electron chi connectivity index (χ2n) is 7.40. The summed E-state index contributed by atoms with van der Waals surface area (Å²) in [7, 11) is 1.56. The van der Waals surface area contributed by atoms with Crippen molar-refractivity contribution in [2.45, 2.75) is 0 Å². The molecule has 0 saturated heterocycles. The molecule has 4 aromatic rings. The SMILES string of the molecule is COc1ccc(N2C(=O)/C(=C/c3ccc(-c4ccc(Br)cc4)o3)C=C2c2ccccc2)cn1. The number of halogens is 1. The average molecular weight is 499 g/mol. The molecule has 1 amide bonds. The summed E-state index contributed by atoms with van der Waals surface area (Å²) >= 11 is 3.45. The quantitative estimate of drug-likeness (QED) is 0.291. The summed E-state index contributed by atoms with van der Waals surface area (Å²) in [5.74, 6) is 1.68. The van der Waals surface area contributed by atoms with Crippen LogP contribution in [0.4, 0.5) is 5.69 Å². The summed E-state index contributed by atoms with van der Waals surface area (Å²) in [5.41, 5.74) is 3.86. The van der Waals surface area contributed by atoms with Gasteiger partial charge < -0.3 is 9.15 Å². The van der Waals surface area contributed by atoms with E-state index in [1.54, 1.807) is 30.3 Å². The molecule has 0 N–H and O–H groups in total. The van der Waals surface area contributed by atoms with Crippen LogP contribution in [0.5, 0.6) is 5.88 Å². The van der Waals surface area contributed by atoms with Gasteiger partial charge in [-0.05, 0) is 48.0 Å². The number of hydrogen-bond acceptors (Lipinski definition) is 4. The van der Waals surface area contributed by atoms with Crippen molar-refractivity contribution in [3.05, 3.63) is 113 Å². The molecule has 6 heteroatoms. The maximum Gasteiger partial charge on any atom is 0.263 e. The molecule has 3 heterocycles. The normalized spacial score (nSPS) is 14.6. The van der Waals surface area contributed by atoms with E-state index in [0.717, 1.165) is 27.1 Å². The van der Waals surface area contributed by atoms with Crippen molar-refractivity contribution in [1.82, 2.24) is 4.98 Å². The van der Waals surface area contributed by atoms with Gasteiger partial charge in [-0.15, -0.1) is 0 Å². The average Bonchev–Trinajstić information content (AvgIpc) is 3.45. The van der Waals surface area contributed by atoms with E-state index in [2.05, 4.69) is 20.9 Å². The largest absolute Gasteiger partial charge is 0.481 e. The zero-order valence-corrected chi connectivity index (χ0v) is 19.3. The maximum atomic E-state index is 13.5. The number of methoxy groups -OCH3 is 1. The van der Waals surface area contributed by atoms with Gasteiger partial charge in [0.1, 0.15) is 11.5 Å². The number of rotatable bonds is 5. The number of nitrogens with zero attached hydrogens (tertiary/aromatic N) is 2. The van der Waals surface area contributed by atoms with Crippen LogP contribution in [-0.2, 0) is 4.79 Å². The minimum absolute atomic E-state index is 0.151. The molecule has 33 heavy (non-hydrogen) atoms. The third-order valence-corrected chi connectivity index (χ3v) is 5.82. The lowest BCUT2D eigenvalue weighted by atomic mass is 10.1. The molecule has 0 spiro atoms. The van der Waals surface area contributed by atoms with Gasteiger partial charge in [-0.3, -0.25) is 9.69 Å². The van der Waals surface area contributed by atoms with Gasteiger partial charge in [0.15, 0.2) is 0 Å². The van der Waals surface area contributed by atoms with Crippen molar-refractivity contribution in [3.8, 4) is 17.2 Å². The van der Waals surface area contributed by atoms with Crippen LogP contribution in [0.15, 0.2) is 106 Å². The van der Waals surface area contributed by atoms with Crippen molar-refractivity contribution in [2.75, 3.05) is 12.0 Å². The van der Waals surface area contributed by atoms with Gasteiger partial charge in [0.25, 0.3) is 5.91 Å². The van der Waals surface area contributed by atoms with Crippen LogP contribution in [0.25, 0.3) is 23.1 Å². The van der Waals surface area contributed by atoms with E-state index in [0.29, 0.717) is 22.9 Å². The van der Waals surface area contributed by atoms with Gasteiger partial charge in [0.2, 0.25) is 5.88 Å². The lowest BCUT2D eigenvalue weighted by Gasteiger charge is -2.20. The van der Waals surface area contributed by atoms with Crippen LogP contribution in [0.3, 0.4) is 0 Å². The molecule has 0 atom stereocenters. The third-order valence-electron chi connectivity index (χ3n) is 5.29. The minimum Gasteiger partial charge on any atom is -0.481 e. The Kier molecular flexibility index (Phi) is 5.67. The highest BCUT2D eigenvalue weighted by Gasteiger charge is 2.31. The standard InChI is InChI=1S/C27H19BrN2O3/c1-32-26-14-11-22(17-29-26)30-24(18-5-3-2-4-6-18)16-20(27(30)31)15-23-12-13-25(33-23)19-7-9-21(28)10-8-19/h2-17H,1H3/b20-15+. The summed E-state index contributed by atoms with van der Waals surface area (Å²) in [6, 6.07) is 25.0. The van der Waals surface area contributed by atoms with Crippen LogP contribution in [0.1, 0.15) is 11.3 Å². The monoisotopic (exact) mass is 498 g/mol. The minimum atomic E-state index is -0.151. The van der Waals surface area contributed by atoms with Gasteiger partial charge in [0, 0.05) is 21.7 Å². The number of pyridine rings is 1. The molecule has 5 rings (SSSR count). The Morgan fingerprint density at radius 1 is 0.939 bits per heavy atom. The third kappa shape index (κ3) is 4.25. The van der Waals surface area contributed by atoms with Crippen LogP contribution >= 0.6 is 15.9 Å².